The molecule has 0 aliphatic carbocycles. The smallest absolute Gasteiger partial charge is 0.213 e. The van der Waals surface area contributed by atoms with Crippen molar-refractivity contribution < 1.29 is 9.47 Å². The highest BCUT2D eigenvalue weighted by Gasteiger charge is 2.18. The third kappa shape index (κ3) is 5.69. The van der Waals surface area contributed by atoms with Crippen LogP contribution in [-0.2, 0) is 11.3 Å². The van der Waals surface area contributed by atoms with Gasteiger partial charge in [0.05, 0.1) is 26.1 Å². The van der Waals surface area contributed by atoms with E-state index in [1.54, 1.807) is 12.5 Å². The maximum absolute atomic E-state index is 6.15. The second-order valence-electron chi connectivity index (χ2n) is 6.26. The summed E-state index contributed by atoms with van der Waals surface area (Å²) in [5.41, 5.74) is 1.13. The minimum Gasteiger partial charge on any atom is -0.473 e. The summed E-state index contributed by atoms with van der Waals surface area (Å²) < 4.78 is 13.6. The van der Waals surface area contributed by atoms with Gasteiger partial charge in [0.1, 0.15) is 6.10 Å². The normalized spacial score (nSPS) is 16.5. The Bertz CT molecular complexity index is 621. The first kappa shape index (κ1) is 17.6. The average molecular weight is 342 g/mol. The van der Waals surface area contributed by atoms with Crippen LogP contribution in [0.2, 0.25) is 0 Å². The third-order valence-electron chi connectivity index (χ3n) is 4.27. The van der Waals surface area contributed by atoms with Crippen LogP contribution in [0.5, 0.6) is 5.88 Å². The summed E-state index contributed by atoms with van der Waals surface area (Å²) in [6.45, 7) is 9.01. The lowest BCUT2D eigenvalue weighted by atomic mass is 10.1. The van der Waals surface area contributed by atoms with Gasteiger partial charge in [-0.25, -0.2) is 9.97 Å². The van der Waals surface area contributed by atoms with Gasteiger partial charge in [-0.1, -0.05) is 12.1 Å². The Hall–Kier alpha value is -2.18. The molecule has 1 fully saturated rings. The largest absolute Gasteiger partial charge is 0.473 e. The van der Waals surface area contributed by atoms with Crippen molar-refractivity contribution in [2.75, 3.05) is 32.8 Å². The van der Waals surface area contributed by atoms with Crippen molar-refractivity contribution >= 4 is 0 Å². The number of imidazole rings is 1. The van der Waals surface area contributed by atoms with E-state index in [0.717, 1.165) is 57.8 Å². The Kier molecular flexibility index (Phi) is 6.59. The molecule has 0 bridgehead atoms. The van der Waals surface area contributed by atoms with Gasteiger partial charge in [-0.05, 0) is 18.4 Å². The highest BCUT2D eigenvalue weighted by atomic mass is 16.5. The Morgan fingerprint density at radius 1 is 1.32 bits per heavy atom. The van der Waals surface area contributed by atoms with Crippen molar-refractivity contribution in [3.8, 4) is 5.88 Å². The molecule has 0 amide bonds. The predicted octanol–water partition coefficient (Wildman–Crippen LogP) is 2.37. The number of pyridine rings is 1. The van der Waals surface area contributed by atoms with E-state index >= 15 is 0 Å². The van der Waals surface area contributed by atoms with Gasteiger partial charge in [0.25, 0.3) is 0 Å². The fourth-order valence-electron chi connectivity index (χ4n) is 2.90. The molecule has 1 atom stereocenters. The number of nitrogens with zero attached hydrogens (tertiary/aromatic N) is 4. The molecule has 134 valence electrons. The zero-order valence-corrected chi connectivity index (χ0v) is 14.6. The van der Waals surface area contributed by atoms with Gasteiger partial charge in [0.2, 0.25) is 5.88 Å². The van der Waals surface area contributed by atoms with Crippen molar-refractivity contribution in [1.29, 1.82) is 0 Å². The first-order valence-electron chi connectivity index (χ1n) is 8.82. The van der Waals surface area contributed by atoms with Crippen LogP contribution in [-0.4, -0.2) is 58.4 Å². The Balaban J connectivity index is 1.56. The van der Waals surface area contributed by atoms with Crippen molar-refractivity contribution in [3.05, 3.63) is 55.3 Å². The van der Waals surface area contributed by atoms with Gasteiger partial charge >= 0.3 is 0 Å². The van der Waals surface area contributed by atoms with Crippen molar-refractivity contribution in [2.45, 2.75) is 25.5 Å². The standard InChI is InChI=1S/C19H26N4O2/c1-2-3-4-18(15-22-9-11-24-12-10-22)25-19-6-5-17(13-21-19)14-23-8-7-20-16-23/h2,5-8,13,16,18H,1,3-4,9-12,14-15H2. The second-order valence-corrected chi connectivity index (χ2v) is 6.26. The number of hydrogen-bond donors (Lipinski definition) is 0. The molecule has 0 aromatic carbocycles. The quantitative estimate of drug-likeness (QED) is 0.655. The third-order valence-corrected chi connectivity index (χ3v) is 4.27. The monoisotopic (exact) mass is 342 g/mol. The lowest BCUT2D eigenvalue weighted by molar-refractivity contribution is 0.0174. The molecule has 6 heteroatoms. The first-order chi connectivity index (χ1) is 12.3. The maximum atomic E-state index is 6.15. The topological polar surface area (TPSA) is 52.4 Å². The zero-order valence-electron chi connectivity index (χ0n) is 14.6. The van der Waals surface area contributed by atoms with E-state index in [1.807, 2.05) is 29.1 Å². The van der Waals surface area contributed by atoms with Crippen LogP contribution in [0.4, 0.5) is 0 Å². The Morgan fingerprint density at radius 3 is 2.88 bits per heavy atom. The maximum Gasteiger partial charge on any atom is 0.213 e. The van der Waals surface area contributed by atoms with E-state index in [-0.39, 0.29) is 6.10 Å². The first-order valence-corrected chi connectivity index (χ1v) is 8.82. The van der Waals surface area contributed by atoms with Gasteiger partial charge in [-0.15, -0.1) is 6.58 Å². The summed E-state index contributed by atoms with van der Waals surface area (Å²) in [7, 11) is 0. The van der Waals surface area contributed by atoms with Gasteiger partial charge < -0.3 is 14.0 Å². The van der Waals surface area contributed by atoms with Gasteiger partial charge in [0, 0.05) is 44.3 Å². The summed E-state index contributed by atoms with van der Waals surface area (Å²) >= 11 is 0. The summed E-state index contributed by atoms with van der Waals surface area (Å²) in [6, 6.07) is 4.01. The number of hydrogen-bond acceptors (Lipinski definition) is 5. The molecule has 0 spiro atoms. The molecule has 1 aliphatic heterocycles. The molecule has 6 nitrogen and oxygen atoms in total. The molecule has 2 aromatic rings. The van der Waals surface area contributed by atoms with E-state index in [1.165, 1.54) is 0 Å². The van der Waals surface area contributed by atoms with Crippen molar-refractivity contribution in [3.63, 3.8) is 0 Å². The Labute approximate surface area is 149 Å². The molecule has 0 radical (unpaired) electrons. The number of allylic oxidation sites excluding steroid dienone is 1. The van der Waals surface area contributed by atoms with Crippen LogP contribution < -0.4 is 4.74 Å². The van der Waals surface area contributed by atoms with Crippen molar-refractivity contribution in [2.24, 2.45) is 0 Å². The van der Waals surface area contributed by atoms with Crippen LogP contribution in [0.25, 0.3) is 0 Å². The molecule has 0 N–H and O–H groups in total. The fourth-order valence-corrected chi connectivity index (χ4v) is 2.90. The number of morpholine rings is 1. The summed E-state index contributed by atoms with van der Waals surface area (Å²) in [6.07, 6.45) is 11.3. The van der Waals surface area contributed by atoms with E-state index < -0.39 is 0 Å². The van der Waals surface area contributed by atoms with E-state index in [4.69, 9.17) is 9.47 Å². The summed E-state index contributed by atoms with van der Waals surface area (Å²) in [4.78, 5) is 10.9. The van der Waals surface area contributed by atoms with Crippen LogP contribution in [0, 0.1) is 0 Å². The Morgan fingerprint density at radius 2 is 2.20 bits per heavy atom. The molecular weight excluding hydrogens is 316 g/mol. The summed E-state index contributed by atoms with van der Waals surface area (Å²) in [5.74, 6) is 0.678. The lowest BCUT2D eigenvalue weighted by Gasteiger charge is -2.30. The molecule has 1 aliphatic rings. The van der Waals surface area contributed by atoms with Gasteiger partial charge in [0.15, 0.2) is 0 Å². The predicted molar refractivity (Wildman–Crippen MR) is 96.7 cm³/mol. The highest BCUT2D eigenvalue weighted by molar-refractivity contribution is 5.18. The number of rotatable bonds is 9. The van der Waals surface area contributed by atoms with Crippen LogP contribution in [0.3, 0.4) is 0 Å². The minimum atomic E-state index is 0.114. The van der Waals surface area contributed by atoms with Crippen LogP contribution >= 0.6 is 0 Å². The second kappa shape index (κ2) is 9.34. The highest BCUT2D eigenvalue weighted by Crippen LogP contribution is 2.15. The molecule has 0 saturated carbocycles. The fraction of sp³-hybridized carbons (Fsp3) is 0.474. The minimum absolute atomic E-state index is 0.114. The molecular formula is C19H26N4O2. The van der Waals surface area contributed by atoms with E-state index in [0.29, 0.717) is 5.88 Å². The lowest BCUT2D eigenvalue weighted by Crippen LogP contribution is -2.42. The zero-order chi connectivity index (χ0) is 17.3. The van der Waals surface area contributed by atoms with E-state index in [2.05, 4.69) is 27.5 Å². The van der Waals surface area contributed by atoms with Crippen LogP contribution in [0.1, 0.15) is 18.4 Å². The summed E-state index contributed by atoms with van der Waals surface area (Å²) in [5, 5.41) is 0. The molecule has 3 heterocycles. The molecule has 3 rings (SSSR count). The molecule has 2 aromatic heterocycles. The molecule has 25 heavy (non-hydrogen) atoms. The molecule has 1 unspecified atom stereocenters. The van der Waals surface area contributed by atoms with Gasteiger partial charge in [-0.3, -0.25) is 4.90 Å². The SMILES string of the molecule is C=CCCC(CN1CCOCC1)Oc1ccc(Cn2ccnc2)cn1. The van der Waals surface area contributed by atoms with Gasteiger partial charge in [-0.2, -0.15) is 0 Å². The van der Waals surface area contributed by atoms with E-state index in [9.17, 15) is 0 Å². The average Bonchev–Trinajstić information content (AvgIpc) is 3.15. The molecule has 1 saturated heterocycles. The van der Waals surface area contributed by atoms with Crippen LogP contribution in [0.15, 0.2) is 49.7 Å². The van der Waals surface area contributed by atoms with Crippen molar-refractivity contribution in [1.82, 2.24) is 19.4 Å². The number of aromatic nitrogens is 3. The number of ether oxygens (including phenoxy) is 2.